The van der Waals surface area contributed by atoms with Gasteiger partial charge in [-0.1, -0.05) is 46.3 Å². The molecule has 0 bridgehead atoms. The summed E-state index contributed by atoms with van der Waals surface area (Å²) < 4.78 is 12.6. The number of fused-ring (bicyclic) bond motifs is 5. The van der Waals surface area contributed by atoms with Crippen LogP contribution in [0.3, 0.4) is 0 Å². The van der Waals surface area contributed by atoms with Crippen molar-refractivity contribution in [3.63, 3.8) is 0 Å². The van der Waals surface area contributed by atoms with Gasteiger partial charge in [-0.15, -0.1) is 0 Å². The Morgan fingerprint density at radius 3 is 2.22 bits per heavy atom. The van der Waals surface area contributed by atoms with Gasteiger partial charge in [-0.2, -0.15) is 0 Å². The van der Waals surface area contributed by atoms with Crippen molar-refractivity contribution in [1.29, 1.82) is 0 Å². The highest BCUT2D eigenvalue weighted by Gasteiger charge is 2.73. The maximum Gasteiger partial charge on any atom is 0.186 e. The van der Waals surface area contributed by atoms with Crippen LogP contribution >= 0.6 is 0 Å². The van der Waals surface area contributed by atoms with Gasteiger partial charge in [0, 0.05) is 0 Å². The van der Waals surface area contributed by atoms with Gasteiger partial charge in [0.1, 0.15) is 24.4 Å². The first-order chi connectivity index (χ1) is 20.8. The zero-order valence-corrected chi connectivity index (χ0v) is 28.8. The van der Waals surface area contributed by atoms with Gasteiger partial charge in [0.2, 0.25) is 0 Å². The molecule has 0 spiro atoms. The molecule has 5 fully saturated rings. The van der Waals surface area contributed by atoms with E-state index in [0.717, 1.165) is 25.7 Å². The Morgan fingerprint density at radius 1 is 0.933 bits per heavy atom. The van der Waals surface area contributed by atoms with Gasteiger partial charge in [-0.25, -0.2) is 0 Å². The molecule has 4 aliphatic carbocycles. The molecule has 0 aromatic heterocycles. The normalized spacial score (nSPS) is 52.2. The molecule has 9 nitrogen and oxygen atoms in total. The molecule has 1 heterocycles. The number of aliphatic hydroxyl groups excluding tert-OH is 6. The van der Waals surface area contributed by atoms with Crippen LogP contribution in [0, 0.1) is 45.3 Å². The van der Waals surface area contributed by atoms with Crippen LogP contribution in [0.15, 0.2) is 11.6 Å². The Hall–Kier alpha value is -0.620. The summed E-state index contributed by atoms with van der Waals surface area (Å²) in [6.07, 6.45) is -0.603. The SMILES string of the molecule is CC(C)=CCC[C@](C)(O)C1CC[C@]2(C)C1C(O)CC1C3(C)CCC(O)C(C)(C)C3[C@@H](O[C@@H]3O[C@H](CO)[C@@H](O)[C@H](O)[C@H]3O)CC12C. The maximum atomic E-state index is 12.1. The standard InChI is InChI=1S/C36H62O9/c1-19(2)10-9-13-36(8,43)20-11-15-34(6)26(20)21(38)16-24-33(5)14-12-25(39)32(3,4)30(33)22(17-35(24,34)7)44-31-29(42)28(41)27(40)23(18-37)45-31/h10,20-31,37-43H,9,11-18H2,1-8H3/t20?,21?,22-,23+,24?,25?,26?,27+,28-,29+,30?,31+,33?,34+,35?,36-/m0/s1. The summed E-state index contributed by atoms with van der Waals surface area (Å²) in [5.74, 6) is -0.186. The molecule has 4 saturated carbocycles. The Kier molecular flexibility index (Phi) is 9.56. The van der Waals surface area contributed by atoms with Crippen molar-refractivity contribution in [2.75, 3.05) is 6.61 Å². The predicted molar refractivity (Wildman–Crippen MR) is 170 cm³/mol. The summed E-state index contributed by atoms with van der Waals surface area (Å²) in [6.45, 7) is 16.6. The van der Waals surface area contributed by atoms with Crippen molar-refractivity contribution in [3.05, 3.63) is 11.6 Å². The Morgan fingerprint density at radius 2 is 1.60 bits per heavy atom. The van der Waals surface area contributed by atoms with Crippen molar-refractivity contribution in [2.45, 2.75) is 161 Å². The molecule has 260 valence electrons. The van der Waals surface area contributed by atoms with Crippen LogP contribution in [0.5, 0.6) is 0 Å². The van der Waals surface area contributed by atoms with Gasteiger partial charge < -0.3 is 45.2 Å². The summed E-state index contributed by atoms with van der Waals surface area (Å²) in [7, 11) is 0. The highest BCUT2D eigenvalue weighted by molar-refractivity contribution is 5.22. The molecule has 0 aromatic rings. The lowest BCUT2D eigenvalue weighted by molar-refractivity contribution is -0.346. The Labute approximate surface area is 270 Å². The average molecular weight is 639 g/mol. The van der Waals surface area contributed by atoms with Crippen LogP contribution < -0.4 is 0 Å². The fourth-order valence-electron chi connectivity index (χ4n) is 11.9. The zero-order valence-electron chi connectivity index (χ0n) is 28.8. The van der Waals surface area contributed by atoms with Crippen molar-refractivity contribution in [3.8, 4) is 0 Å². The second-order valence-electron chi connectivity index (χ2n) is 17.5. The smallest absolute Gasteiger partial charge is 0.186 e. The number of hydrogen-bond acceptors (Lipinski definition) is 9. The minimum absolute atomic E-state index is 0.0548. The number of rotatable bonds is 7. The van der Waals surface area contributed by atoms with Crippen LogP contribution in [-0.2, 0) is 9.47 Å². The first kappa shape index (κ1) is 35.7. The van der Waals surface area contributed by atoms with Crippen LogP contribution in [0.25, 0.3) is 0 Å². The summed E-state index contributed by atoms with van der Waals surface area (Å²) in [5, 5.41) is 77.2. The van der Waals surface area contributed by atoms with E-state index in [2.05, 4.69) is 54.5 Å². The van der Waals surface area contributed by atoms with Gasteiger partial charge in [0.15, 0.2) is 6.29 Å². The lowest BCUT2D eigenvalue weighted by Crippen LogP contribution is -2.71. The maximum absolute atomic E-state index is 12.1. The second-order valence-corrected chi connectivity index (χ2v) is 17.5. The lowest BCUT2D eigenvalue weighted by atomic mass is 9.34. The van der Waals surface area contributed by atoms with Crippen LogP contribution in [0.1, 0.15) is 107 Å². The molecule has 5 aliphatic rings. The molecular weight excluding hydrogens is 576 g/mol. The molecule has 45 heavy (non-hydrogen) atoms. The average Bonchev–Trinajstić information content (AvgIpc) is 3.33. The zero-order chi connectivity index (χ0) is 33.5. The van der Waals surface area contributed by atoms with E-state index in [0.29, 0.717) is 25.7 Å². The molecule has 5 rings (SSSR count). The van der Waals surface area contributed by atoms with E-state index >= 15 is 0 Å². The van der Waals surface area contributed by atoms with Crippen LogP contribution in [0.2, 0.25) is 0 Å². The number of hydrogen-bond donors (Lipinski definition) is 7. The minimum Gasteiger partial charge on any atom is -0.394 e. The van der Waals surface area contributed by atoms with Crippen LogP contribution in [0.4, 0.5) is 0 Å². The summed E-state index contributed by atoms with van der Waals surface area (Å²) in [6, 6.07) is 0. The molecule has 0 amide bonds. The molecule has 7 N–H and O–H groups in total. The largest absolute Gasteiger partial charge is 0.394 e. The third-order valence-corrected chi connectivity index (χ3v) is 14.4. The number of ether oxygens (including phenoxy) is 2. The number of allylic oxidation sites excluding steroid dienone is 2. The van der Waals surface area contributed by atoms with Gasteiger partial charge in [-0.3, -0.25) is 0 Å². The highest BCUT2D eigenvalue weighted by Crippen LogP contribution is 2.76. The van der Waals surface area contributed by atoms with Gasteiger partial charge in [0.25, 0.3) is 0 Å². The molecule has 0 radical (unpaired) electrons. The van der Waals surface area contributed by atoms with Crippen molar-refractivity contribution in [1.82, 2.24) is 0 Å². The minimum atomic E-state index is -1.54. The van der Waals surface area contributed by atoms with Crippen molar-refractivity contribution < 1.29 is 45.2 Å². The first-order valence-electron chi connectivity index (χ1n) is 17.4. The Bertz CT molecular complexity index is 1100. The number of aliphatic hydroxyl groups is 7. The predicted octanol–water partition coefficient (Wildman–Crippen LogP) is 3.30. The van der Waals surface area contributed by atoms with E-state index in [9.17, 15) is 35.7 Å². The molecule has 1 saturated heterocycles. The molecule has 16 atom stereocenters. The molecule has 1 aliphatic heterocycles. The van der Waals surface area contributed by atoms with E-state index in [1.807, 2.05) is 6.92 Å². The highest BCUT2D eigenvalue weighted by atomic mass is 16.7. The van der Waals surface area contributed by atoms with E-state index in [1.54, 1.807) is 0 Å². The topological polar surface area (TPSA) is 160 Å². The quantitative estimate of drug-likeness (QED) is 0.164. The fraction of sp³-hybridized carbons (Fsp3) is 0.944. The van der Waals surface area contributed by atoms with E-state index in [-0.39, 0.29) is 39.9 Å². The van der Waals surface area contributed by atoms with Crippen molar-refractivity contribution >= 4 is 0 Å². The van der Waals surface area contributed by atoms with E-state index < -0.39 is 66.6 Å². The molecule has 0 aromatic carbocycles. The molecule has 9 heteroatoms. The molecular formula is C36H62O9. The van der Waals surface area contributed by atoms with Crippen molar-refractivity contribution in [2.24, 2.45) is 45.3 Å². The summed E-state index contributed by atoms with van der Waals surface area (Å²) >= 11 is 0. The Balaban J connectivity index is 1.54. The first-order valence-corrected chi connectivity index (χ1v) is 17.4. The third kappa shape index (κ3) is 5.48. The fourth-order valence-corrected chi connectivity index (χ4v) is 11.9. The molecule has 8 unspecified atom stereocenters. The van der Waals surface area contributed by atoms with Crippen LogP contribution in [-0.4, -0.2) is 97.0 Å². The van der Waals surface area contributed by atoms with Gasteiger partial charge >= 0.3 is 0 Å². The van der Waals surface area contributed by atoms with E-state index in [1.165, 1.54) is 5.57 Å². The lowest BCUT2D eigenvalue weighted by Gasteiger charge is -2.72. The van der Waals surface area contributed by atoms with E-state index in [4.69, 9.17) is 9.47 Å². The van der Waals surface area contributed by atoms with Gasteiger partial charge in [0.05, 0.1) is 30.5 Å². The second kappa shape index (κ2) is 12.1. The third-order valence-electron chi connectivity index (χ3n) is 14.4. The van der Waals surface area contributed by atoms with Gasteiger partial charge in [-0.05, 0) is 117 Å². The summed E-state index contributed by atoms with van der Waals surface area (Å²) in [4.78, 5) is 0. The monoisotopic (exact) mass is 638 g/mol. The summed E-state index contributed by atoms with van der Waals surface area (Å²) in [5.41, 5.74) is -1.21.